The van der Waals surface area contributed by atoms with Gasteiger partial charge >= 0.3 is 5.97 Å². The van der Waals surface area contributed by atoms with Gasteiger partial charge < -0.3 is 10.1 Å². The van der Waals surface area contributed by atoms with Gasteiger partial charge in [-0.15, -0.1) is 11.3 Å². The maximum absolute atomic E-state index is 12.3. The average Bonchev–Trinajstić information content (AvgIpc) is 2.99. The Morgan fingerprint density at radius 1 is 1.31 bits per heavy atom. The summed E-state index contributed by atoms with van der Waals surface area (Å²) in [6, 6.07) is 5.63. The first-order chi connectivity index (χ1) is 12.3. The van der Waals surface area contributed by atoms with Crippen LogP contribution in [0.2, 0.25) is 5.02 Å². The molecule has 1 aromatic carbocycles. The zero-order valence-electron chi connectivity index (χ0n) is 15.1. The number of hydrogen-bond donors (Lipinski definition) is 1. The molecule has 138 valence electrons. The number of hydrogen-bond acceptors (Lipinski definition) is 4. The highest BCUT2D eigenvalue weighted by Crippen LogP contribution is 2.32. The molecule has 1 aliphatic rings. The van der Waals surface area contributed by atoms with E-state index in [0.717, 1.165) is 30.4 Å². The molecule has 0 unspecified atom stereocenters. The molecule has 2 aromatic rings. The quantitative estimate of drug-likeness (QED) is 0.751. The highest BCUT2D eigenvalue weighted by Gasteiger charge is 2.22. The molecular weight excluding hydrogens is 370 g/mol. The second-order valence-electron chi connectivity index (χ2n) is 6.97. The van der Waals surface area contributed by atoms with E-state index in [-0.39, 0.29) is 6.61 Å². The first kappa shape index (κ1) is 18.9. The molecule has 0 spiro atoms. The second-order valence-corrected chi connectivity index (χ2v) is 8.51. The number of carbonyl (C=O) groups is 2. The van der Waals surface area contributed by atoms with Gasteiger partial charge in [0.25, 0.3) is 5.91 Å². The molecule has 1 atom stereocenters. The standard InChI is InChI=1S/C20H22ClNO3S/c1-11-4-5-16-14(7-11)9-17(26-16)20(24)25-10-18(23)22-19-13(3)6-12(2)8-15(19)21/h6,8-9,11H,4-5,7,10H2,1-3H3,(H,22,23)/t11-/m0/s1. The Morgan fingerprint density at radius 3 is 2.81 bits per heavy atom. The highest BCUT2D eigenvalue weighted by molar-refractivity contribution is 7.14. The van der Waals surface area contributed by atoms with Crippen LogP contribution in [0.4, 0.5) is 5.69 Å². The molecule has 1 heterocycles. The van der Waals surface area contributed by atoms with E-state index in [1.54, 1.807) is 6.07 Å². The number of ether oxygens (including phenoxy) is 1. The van der Waals surface area contributed by atoms with Gasteiger partial charge in [-0.1, -0.05) is 24.6 Å². The third kappa shape index (κ3) is 4.27. The van der Waals surface area contributed by atoms with E-state index < -0.39 is 11.9 Å². The molecule has 6 heteroatoms. The molecule has 0 fully saturated rings. The van der Waals surface area contributed by atoms with Crippen molar-refractivity contribution in [2.45, 2.75) is 40.0 Å². The summed E-state index contributed by atoms with van der Waals surface area (Å²) in [5, 5.41) is 3.20. The van der Waals surface area contributed by atoms with Crippen LogP contribution in [0.25, 0.3) is 0 Å². The van der Waals surface area contributed by atoms with Crippen molar-refractivity contribution in [3.05, 3.63) is 49.7 Å². The largest absolute Gasteiger partial charge is 0.451 e. The molecule has 0 saturated heterocycles. The summed E-state index contributed by atoms with van der Waals surface area (Å²) < 4.78 is 5.19. The highest BCUT2D eigenvalue weighted by atomic mass is 35.5. The molecule has 0 bridgehead atoms. The van der Waals surface area contributed by atoms with Crippen molar-refractivity contribution >= 4 is 40.5 Å². The summed E-state index contributed by atoms with van der Waals surface area (Å²) in [6.07, 6.45) is 3.17. The summed E-state index contributed by atoms with van der Waals surface area (Å²) in [4.78, 5) is 26.2. The van der Waals surface area contributed by atoms with Crippen LogP contribution in [0.5, 0.6) is 0 Å². The van der Waals surface area contributed by atoms with Crippen LogP contribution in [-0.2, 0) is 22.4 Å². The van der Waals surface area contributed by atoms with Crippen LogP contribution in [0.1, 0.15) is 44.6 Å². The first-order valence-corrected chi connectivity index (χ1v) is 9.88. The molecule has 1 aliphatic carbocycles. The minimum Gasteiger partial charge on any atom is -0.451 e. The molecule has 1 N–H and O–H groups in total. The van der Waals surface area contributed by atoms with Gasteiger partial charge in [-0.3, -0.25) is 4.79 Å². The van der Waals surface area contributed by atoms with E-state index in [4.69, 9.17) is 16.3 Å². The van der Waals surface area contributed by atoms with Crippen molar-refractivity contribution in [2.24, 2.45) is 5.92 Å². The smallest absolute Gasteiger partial charge is 0.348 e. The Kier molecular flexibility index (Phi) is 5.68. The van der Waals surface area contributed by atoms with Gasteiger partial charge in [-0.05, 0) is 67.9 Å². The SMILES string of the molecule is Cc1cc(C)c(NC(=O)COC(=O)c2cc3c(s2)CC[C@H](C)C3)c(Cl)c1. The molecule has 1 amide bonds. The number of nitrogens with one attached hydrogen (secondary N) is 1. The minimum atomic E-state index is -0.445. The van der Waals surface area contributed by atoms with Crippen LogP contribution in [-0.4, -0.2) is 18.5 Å². The average molecular weight is 392 g/mol. The zero-order valence-corrected chi connectivity index (χ0v) is 16.7. The minimum absolute atomic E-state index is 0.332. The van der Waals surface area contributed by atoms with Gasteiger partial charge in [-0.2, -0.15) is 0 Å². The molecule has 0 radical (unpaired) electrons. The van der Waals surface area contributed by atoms with Gasteiger partial charge in [0.15, 0.2) is 6.61 Å². The van der Waals surface area contributed by atoms with Crippen molar-refractivity contribution < 1.29 is 14.3 Å². The molecule has 3 rings (SSSR count). The summed E-state index contributed by atoms with van der Waals surface area (Å²) in [7, 11) is 0. The van der Waals surface area contributed by atoms with E-state index in [1.165, 1.54) is 21.8 Å². The molecule has 0 saturated carbocycles. The Hall–Kier alpha value is -1.85. The van der Waals surface area contributed by atoms with Crippen LogP contribution < -0.4 is 5.32 Å². The van der Waals surface area contributed by atoms with E-state index in [0.29, 0.717) is 21.5 Å². The lowest BCUT2D eigenvalue weighted by molar-refractivity contribution is -0.119. The Labute approximate surface area is 162 Å². The summed E-state index contributed by atoms with van der Waals surface area (Å²) in [5.41, 5.74) is 3.69. The number of esters is 1. The lowest BCUT2D eigenvalue weighted by atomic mass is 9.90. The van der Waals surface area contributed by atoms with E-state index in [1.807, 2.05) is 26.0 Å². The molecular formula is C20H22ClNO3S. The third-order valence-electron chi connectivity index (χ3n) is 4.56. The van der Waals surface area contributed by atoms with E-state index in [9.17, 15) is 9.59 Å². The fourth-order valence-electron chi connectivity index (χ4n) is 3.26. The Morgan fingerprint density at radius 2 is 2.08 bits per heavy atom. The van der Waals surface area contributed by atoms with Crippen LogP contribution in [0.3, 0.4) is 0 Å². The lowest BCUT2D eigenvalue weighted by Crippen LogP contribution is -2.21. The van der Waals surface area contributed by atoms with Crippen molar-refractivity contribution in [1.29, 1.82) is 0 Å². The zero-order chi connectivity index (χ0) is 18.8. The van der Waals surface area contributed by atoms with Crippen molar-refractivity contribution in [1.82, 2.24) is 0 Å². The number of thiophene rings is 1. The second kappa shape index (κ2) is 7.80. The van der Waals surface area contributed by atoms with Gasteiger partial charge in [0.05, 0.1) is 10.7 Å². The number of amides is 1. The maximum atomic E-state index is 12.3. The van der Waals surface area contributed by atoms with Crippen molar-refractivity contribution in [2.75, 3.05) is 11.9 Å². The van der Waals surface area contributed by atoms with Crippen molar-refractivity contribution in [3.8, 4) is 0 Å². The predicted octanol–water partition coefficient (Wildman–Crippen LogP) is 4.94. The summed E-state index contributed by atoms with van der Waals surface area (Å²) in [5.74, 6) is -0.199. The fourth-order valence-corrected chi connectivity index (χ4v) is 4.73. The molecule has 4 nitrogen and oxygen atoms in total. The number of halogens is 1. The monoisotopic (exact) mass is 391 g/mol. The number of carbonyl (C=O) groups excluding carboxylic acids is 2. The summed E-state index contributed by atoms with van der Waals surface area (Å²) >= 11 is 7.67. The fraction of sp³-hybridized carbons (Fsp3) is 0.400. The molecule has 1 aromatic heterocycles. The molecule has 0 aliphatic heterocycles. The van der Waals surface area contributed by atoms with Crippen molar-refractivity contribution in [3.63, 3.8) is 0 Å². The number of aryl methyl sites for hydroxylation is 3. The van der Waals surface area contributed by atoms with Crippen LogP contribution in [0, 0.1) is 19.8 Å². The number of rotatable bonds is 4. The third-order valence-corrected chi connectivity index (χ3v) is 6.08. The first-order valence-electron chi connectivity index (χ1n) is 8.68. The summed E-state index contributed by atoms with van der Waals surface area (Å²) in [6.45, 7) is 5.70. The van der Waals surface area contributed by atoms with Gasteiger partial charge in [0.2, 0.25) is 0 Å². The number of benzene rings is 1. The Bertz CT molecular complexity index is 836. The van der Waals surface area contributed by atoms with Gasteiger partial charge in [0, 0.05) is 4.88 Å². The van der Waals surface area contributed by atoms with Crippen LogP contribution >= 0.6 is 22.9 Å². The normalized spacial score (nSPS) is 16.1. The van der Waals surface area contributed by atoms with E-state index in [2.05, 4.69) is 12.2 Å². The topological polar surface area (TPSA) is 55.4 Å². The van der Waals surface area contributed by atoms with Gasteiger partial charge in [-0.25, -0.2) is 4.79 Å². The molecule has 26 heavy (non-hydrogen) atoms. The predicted molar refractivity (Wildman–Crippen MR) is 105 cm³/mol. The van der Waals surface area contributed by atoms with Gasteiger partial charge in [0.1, 0.15) is 4.88 Å². The number of fused-ring (bicyclic) bond motifs is 1. The lowest BCUT2D eigenvalue weighted by Gasteiger charge is -2.16. The maximum Gasteiger partial charge on any atom is 0.348 e. The van der Waals surface area contributed by atoms with Crippen LogP contribution in [0.15, 0.2) is 18.2 Å². The van der Waals surface area contributed by atoms with E-state index >= 15 is 0 Å². The number of anilines is 1. The Balaban J connectivity index is 1.59.